The molecular formula is C36H41Cl3N6O4. The molecule has 1 spiro atoms. The molecule has 1 saturated heterocycles. The van der Waals surface area contributed by atoms with Crippen LogP contribution in [0.15, 0.2) is 66.1 Å². The van der Waals surface area contributed by atoms with Gasteiger partial charge in [0.15, 0.2) is 18.0 Å². The Hall–Kier alpha value is -3.57. The minimum absolute atomic E-state index is 0.0971. The zero-order valence-electron chi connectivity index (χ0n) is 27.8. The van der Waals surface area contributed by atoms with Crippen LogP contribution in [0, 0.1) is 11.8 Å². The third-order valence-electron chi connectivity index (χ3n) is 9.92. The number of epoxide rings is 1. The molecule has 4 aliphatic rings. The highest BCUT2D eigenvalue weighted by molar-refractivity contribution is 6.43. The van der Waals surface area contributed by atoms with Gasteiger partial charge in [0.2, 0.25) is 0 Å². The average molecular weight is 728 g/mol. The van der Waals surface area contributed by atoms with E-state index in [4.69, 9.17) is 39.5 Å². The van der Waals surface area contributed by atoms with E-state index in [-0.39, 0.29) is 33.0 Å². The predicted molar refractivity (Wildman–Crippen MR) is 194 cm³/mol. The van der Waals surface area contributed by atoms with Crippen molar-refractivity contribution in [2.45, 2.75) is 83.5 Å². The summed E-state index contributed by atoms with van der Waals surface area (Å²) < 4.78 is 6.24. The number of unbranched alkanes of at least 4 members (excludes halogenated alkanes) is 2. The summed E-state index contributed by atoms with van der Waals surface area (Å²) in [6.45, 7) is 6.75. The van der Waals surface area contributed by atoms with E-state index < -0.39 is 29.6 Å². The van der Waals surface area contributed by atoms with Crippen molar-refractivity contribution < 1.29 is 19.1 Å². The van der Waals surface area contributed by atoms with Gasteiger partial charge in [-0.15, -0.1) is 5.10 Å². The molecule has 3 heterocycles. The third-order valence-corrected chi connectivity index (χ3v) is 10.7. The van der Waals surface area contributed by atoms with Crippen molar-refractivity contribution in [2.24, 2.45) is 16.9 Å². The summed E-state index contributed by atoms with van der Waals surface area (Å²) in [5, 5.41) is 10.4. The van der Waals surface area contributed by atoms with Crippen LogP contribution in [-0.2, 0) is 14.3 Å². The highest BCUT2D eigenvalue weighted by Crippen LogP contribution is 2.54. The van der Waals surface area contributed by atoms with E-state index in [0.717, 1.165) is 24.3 Å². The van der Waals surface area contributed by atoms with Crippen molar-refractivity contribution in [3.8, 4) is 0 Å². The number of amidine groups is 1. The molecule has 49 heavy (non-hydrogen) atoms. The van der Waals surface area contributed by atoms with E-state index >= 15 is 0 Å². The van der Waals surface area contributed by atoms with Crippen LogP contribution in [0.4, 0.5) is 11.4 Å². The molecule has 5 unspecified atom stereocenters. The van der Waals surface area contributed by atoms with Crippen molar-refractivity contribution in [1.82, 2.24) is 15.8 Å². The van der Waals surface area contributed by atoms with Crippen LogP contribution in [0.2, 0.25) is 15.1 Å². The van der Waals surface area contributed by atoms with Crippen molar-refractivity contribution in [3.05, 3.63) is 81.6 Å². The lowest BCUT2D eigenvalue weighted by atomic mass is 9.71. The van der Waals surface area contributed by atoms with Crippen molar-refractivity contribution >= 4 is 69.7 Å². The van der Waals surface area contributed by atoms with Gasteiger partial charge < -0.3 is 20.4 Å². The fourth-order valence-electron chi connectivity index (χ4n) is 7.24. The number of hydrazine groups is 1. The number of amides is 3. The molecule has 260 valence electrons. The van der Waals surface area contributed by atoms with Gasteiger partial charge in [0.25, 0.3) is 17.7 Å². The number of hydrogen-bond donors (Lipinski definition) is 2. The predicted octanol–water partition coefficient (Wildman–Crippen LogP) is 7.46. The van der Waals surface area contributed by atoms with Crippen LogP contribution >= 0.6 is 34.8 Å². The molecule has 6 rings (SSSR count). The normalized spacial score (nSPS) is 25.8. The van der Waals surface area contributed by atoms with E-state index in [1.807, 2.05) is 6.92 Å². The van der Waals surface area contributed by atoms with Gasteiger partial charge in [-0.2, -0.15) is 5.01 Å². The Labute approximate surface area is 302 Å². The first-order valence-corrected chi connectivity index (χ1v) is 18.1. The number of nitrogens with one attached hydrogen (secondary N) is 2. The molecule has 3 amide bonds. The van der Waals surface area contributed by atoms with Crippen LogP contribution in [-0.4, -0.2) is 52.9 Å². The number of benzene rings is 2. The lowest BCUT2D eigenvalue weighted by Crippen LogP contribution is -2.52. The molecular weight excluding hydrogens is 687 g/mol. The van der Waals surface area contributed by atoms with E-state index in [9.17, 15) is 14.4 Å². The summed E-state index contributed by atoms with van der Waals surface area (Å²) in [6.07, 6.45) is 14.4. The maximum absolute atomic E-state index is 13.9. The molecule has 2 aromatic rings. The molecule has 2 fully saturated rings. The lowest BCUT2D eigenvalue weighted by molar-refractivity contribution is -0.120. The molecule has 0 radical (unpaired) electrons. The van der Waals surface area contributed by atoms with Gasteiger partial charge >= 0.3 is 0 Å². The smallest absolute Gasteiger partial charge is 0.278 e. The highest BCUT2D eigenvalue weighted by Gasteiger charge is 2.65. The summed E-state index contributed by atoms with van der Waals surface area (Å²) in [5.41, 5.74) is 3.57. The largest absolute Gasteiger partial charge is 0.355 e. The Balaban J connectivity index is 1.18. The standard InChI is InChI=1S/C36H41Cl3N6O4/c1-4-6-7-11-23-14-15-36(22(3)18-23)31(49-36)35(48)43(5-2)26-13-10-12-24(19-26)33(46)41-29-32(44-17-9-8-16-40-44)42-45(34(29)47)30-27(38)20-25(37)21-28(30)39/h8-10,12-13,16-17,19-23,29,31,40H,4-7,11,14-15,18H2,1-3H3,(H,41,46). The monoisotopic (exact) mass is 726 g/mol. The Morgan fingerprint density at radius 1 is 1.12 bits per heavy atom. The van der Waals surface area contributed by atoms with Crippen molar-refractivity contribution in [2.75, 3.05) is 16.5 Å². The van der Waals surface area contributed by atoms with Gasteiger partial charge in [-0.1, -0.05) is 80.4 Å². The van der Waals surface area contributed by atoms with Crippen LogP contribution in [0.3, 0.4) is 0 Å². The number of hydrogen-bond acceptors (Lipinski definition) is 7. The Morgan fingerprint density at radius 2 is 1.90 bits per heavy atom. The first kappa shape index (κ1) is 35.3. The quantitative estimate of drug-likeness (QED) is 0.194. The molecule has 0 bridgehead atoms. The second kappa shape index (κ2) is 14.7. The van der Waals surface area contributed by atoms with Crippen molar-refractivity contribution in [3.63, 3.8) is 0 Å². The summed E-state index contributed by atoms with van der Waals surface area (Å²) in [4.78, 5) is 43.2. The van der Waals surface area contributed by atoms with Crippen LogP contribution in [0.25, 0.3) is 0 Å². The summed E-state index contributed by atoms with van der Waals surface area (Å²) in [7, 11) is 0. The fraction of sp³-hybridized carbons (Fsp3) is 0.444. The molecule has 1 aliphatic carbocycles. The molecule has 1 saturated carbocycles. The Kier molecular flexibility index (Phi) is 10.6. The zero-order valence-corrected chi connectivity index (χ0v) is 30.1. The lowest BCUT2D eigenvalue weighted by Gasteiger charge is -2.33. The SMILES string of the molecule is CCCCCC1CCC2(OC2C(=O)N(CC)c2cccc(C(=O)NC3C(=O)N(c4c(Cl)cc(Cl)cc4Cl)N=C3N3C=CC=CN3)c2)C(C)C1. The van der Waals surface area contributed by atoms with Gasteiger partial charge in [0.05, 0.1) is 10.0 Å². The molecule has 3 aliphatic heterocycles. The number of rotatable bonds is 10. The molecule has 2 N–H and O–H groups in total. The van der Waals surface area contributed by atoms with E-state index in [2.05, 4.69) is 29.7 Å². The summed E-state index contributed by atoms with van der Waals surface area (Å²) >= 11 is 19.0. The first-order valence-electron chi connectivity index (χ1n) is 16.9. The van der Waals surface area contributed by atoms with Gasteiger partial charge in [-0.3, -0.25) is 14.4 Å². The van der Waals surface area contributed by atoms with Gasteiger partial charge in [-0.05, 0) is 80.5 Å². The summed E-state index contributed by atoms with van der Waals surface area (Å²) in [5.74, 6) is -0.0295. The molecule has 2 aromatic carbocycles. The zero-order chi connectivity index (χ0) is 34.9. The number of nitrogens with zero attached hydrogens (tertiary/aromatic N) is 4. The maximum atomic E-state index is 13.9. The third kappa shape index (κ3) is 7.06. The fourth-order valence-corrected chi connectivity index (χ4v) is 8.21. The Morgan fingerprint density at radius 3 is 2.57 bits per heavy atom. The number of carbonyl (C=O) groups excluding carboxylic acids is 3. The molecule has 13 heteroatoms. The number of carbonyl (C=O) groups is 3. The maximum Gasteiger partial charge on any atom is 0.278 e. The van der Waals surface area contributed by atoms with Crippen LogP contribution < -0.4 is 20.7 Å². The first-order chi connectivity index (χ1) is 23.6. The van der Waals surface area contributed by atoms with Gasteiger partial charge in [-0.25, -0.2) is 5.01 Å². The van der Waals surface area contributed by atoms with E-state index in [1.54, 1.807) is 53.7 Å². The number of likely N-dealkylation sites (N-methyl/N-ethyl adjacent to an activating group) is 1. The van der Waals surface area contributed by atoms with Crippen LogP contribution in [0.1, 0.15) is 76.1 Å². The second-order valence-corrected chi connectivity index (χ2v) is 14.3. The number of halogens is 3. The number of hydrazone groups is 1. The average Bonchev–Trinajstić information content (AvgIpc) is 3.74. The number of anilines is 2. The minimum Gasteiger partial charge on any atom is -0.355 e. The Bertz CT molecular complexity index is 1690. The van der Waals surface area contributed by atoms with Gasteiger partial charge in [0.1, 0.15) is 11.3 Å². The topological polar surface area (TPSA) is 110 Å². The molecule has 0 aromatic heterocycles. The van der Waals surface area contributed by atoms with Crippen molar-refractivity contribution in [1.29, 1.82) is 0 Å². The second-order valence-electron chi connectivity index (χ2n) is 13.1. The van der Waals surface area contributed by atoms with E-state index in [0.29, 0.717) is 29.1 Å². The molecule has 5 atom stereocenters. The summed E-state index contributed by atoms with van der Waals surface area (Å²) in [6, 6.07) is 8.53. The molecule has 10 nitrogen and oxygen atoms in total. The highest BCUT2D eigenvalue weighted by atomic mass is 35.5. The van der Waals surface area contributed by atoms with E-state index in [1.165, 1.54) is 42.8 Å². The number of ether oxygens (including phenoxy) is 1. The minimum atomic E-state index is -1.20. The number of allylic oxidation sites excluding steroid dienone is 2. The van der Waals surface area contributed by atoms with Gasteiger partial charge in [0, 0.05) is 35.2 Å². The van der Waals surface area contributed by atoms with Crippen LogP contribution in [0.5, 0.6) is 0 Å².